The topological polar surface area (TPSA) is 21.3 Å². The van der Waals surface area contributed by atoms with E-state index in [9.17, 15) is 0 Å². The van der Waals surface area contributed by atoms with Crippen molar-refractivity contribution in [2.24, 2.45) is 0 Å². The SMILES string of the molecule is CC1OCCC1(C)NC1CCCCCC1. The van der Waals surface area contributed by atoms with Gasteiger partial charge in [0.1, 0.15) is 0 Å². The number of rotatable bonds is 2. The van der Waals surface area contributed by atoms with Crippen molar-refractivity contribution in [1.29, 1.82) is 0 Å². The van der Waals surface area contributed by atoms with Crippen LogP contribution in [0.25, 0.3) is 0 Å². The summed E-state index contributed by atoms with van der Waals surface area (Å²) in [7, 11) is 0. The van der Waals surface area contributed by atoms with Crippen LogP contribution in [0.2, 0.25) is 0 Å². The summed E-state index contributed by atoms with van der Waals surface area (Å²) in [5, 5.41) is 3.86. The smallest absolute Gasteiger partial charge is 0.0726 e. The highest BCUT2D eigenvalue weighted by Gasteiger charge is 2.38. The van der Waals surface area contributed by atoms with E-state index < -0.39 is 0 Å². The lowest BCUT2D eigenvalue weighted by Gasteiger charge is -2.33. The van der Waals surface area contributed by atoms with E-state index in [-0.39, 0.29) is 5.54 Å². The van der Waals surface area contributed by atoms with Crippen LogP contribution in [0.4, 0.5) is 0 Å². The molecule has 1 N–H and O–H groups in total. The zero-order chi connectivity index (χ0) is 10.7. The van der Waals surface area contributed by atoms with Crippen molar-refractivity contribution in [2.75, 3.05) is 6.61 Å². The molecule has 2 aliphatic rings. The highest BCUT2D eigenvalue weighted by molar-refractivity contribution is 4.95. The summed E-state index contributed by atoms with van der Waals surface area (Å²) in [6.45, 7) is 5.46. The number of ether oxygens (including phenoxy) is 1. The molecule has 2 unspecified atom stereocenters. The molecule has 0 aromatic carbocycles. The van der Waals surface area contributed by atoms with Gasteiger partial charge in [-0.25, -0.2) is 0 Å². The van der Waals surface area contributed by atoms with E-state index in [1.54, 1.807) is 0 Å². The third-order valence-electron chi connectivity index (χ3n) is 4.28. The van der Waals surface area contributed by atoms with E-state index in [1.807, 2.05) is 0 Å². The summed E-state index contributed by atoms with van der Waals surface area (Å²) >= 11 is 0. The van der Waals surface area contributed by atoms with Gasteiger partial charge in [0, 0.05) is 18.2 Å². The number of hydrogen-bond donors (Lipinski definition) is 1. The standard InChI is InChI=1S/C13H25NO/c1-11-13(2,9-10-15-11)14-12-7-5-3-4-6-8-12/h11-12,14H,3-10H2,1-2H3. The summed E-state index contributed by atoms with van der Waals surface area (Å²) in [6.07, 6.45) is 9.95. The van der Waals surface area contributed by atoms with Crippen molar-refractivity contribution in [1.82, 2.24) is 5.32 Å². The van der Waals surface area contributed by atoms with E-state index in [0.29, 0.717) is 6.10 Å². The van der Waals surface area contributed by atoms with Gasteiger partial charge >= 0.3 is 0 Å². The Bertz CT molecular complexity index is 199. The minimum atomic E-state index is 0.231. The largest absolute Gasteiger partial charge is 0.377 e. The van der Waals surface area contributed by atoms with Crippen LogP contribution < -0.4 is 5.32 Å². The predicted octanol–water partition coefficient (Wildman–Crippen LogP) is 2.87. The van der Waals surface area contributed by atoms with E-state index >= 15 is 0 Å². The molecule has 1 saturated carbocycles. The maximum Gasteiger partial charge on any atom is 0.0726 e. The molecule has 0 radical (unpaired) electrons. The van der Waals surface area contributed by atoms with E-state index in [2.05, 4.69) is 19.2 Å². The average molecular weight is 211 g/mol. The first-order chi connectivity index (χ1) is 7.21. The lowest BCUT2D eigenvalue weighted by molar-refractivity contribution is 0.0831. The fourth-order valence-corrected chi connectivity index (χ4v) is 2.91. The Labute approximate surface area is 93.8 Å². The molecule has 0 bridgehead atoms. The van der Waals surface area contributed by atoms with E-state index in [4.69, 9.17) is 4.74 Å². The molecule has 0 amide bonds. The quantitative estimate of drug-likeness (QED) is 0.709. The van der Waals surface area contributed by atoms with Crippen LogP contribution in [0.3, 0.4) is 0 Å². The van der Waals surface area contributed by atoms with Gasteiger partial charge in [0.15, 0.2) is 0 Å². The van der Waals surface area contributed by atoms with Gasteiger partial charge < -0.3 is 10.1 Å². The van der Waals surface area contributed by atoms with Crippen molar-refractivity contribution in [3.05, 3.63) is 0 Å². The Morgan fingerprint density at radius 1 is 1.13 bits per heavy atom. The molecule has 1 aliphatic heterocycles. The van der Waals surface area contributed by atoms with Crippen LogP contribution in [0, 0.1) is 0 Å². The molecule has 2 heteroatoms. The Morgan fingerprint density at radius 2 is 1.80 bits per heavy atom. The Balaban J connectivity index is 1.88. The van der Waals surface area contributed by atoms with Crippen molar-refractivity contribution in [3.63, 3.8) is 0 Å². The summed E-state index contributed by atoms with van der Waals surface area (Å²) in [4.78, 5) is 0. The first-order valence-corrected chi connectivity index (χ1v) is 6.60. The minimum absolute atomic E-state index is 0.231. The van der Waals surface area contributed by atoms with Crippen molar-refractivity contribution in [2.45, 2.75) is 76.5 Å². The van der Waals surface area contributed by atoms with Gasteiger partial charge in [-0.2, -0.15) is 0 Å². The van der Waals surface area contributed by atoms with Gasteiger partial charge in [-0.15, -0.1) is 0 Å². The van der Waals surface area contributed by atoms with Crippen LogP contribution in [0.1, 0.15) is 58.8 Å². The zero-order valence-corrected chi connectivity index (χ0v) is 10.2. The highest BCUT2D eigenvalue weighted by atomic mass is 16.5. The first kappa shape index (κ1) is 11.4. The molecule has 2 nitrogen and oxygen atoms in total. The maximum atomic E-state index is 5.68. The van der Waals surface area contributed by atoms with Gasteiger partial charge in [0.05, 0.1) is 6.10 Å². The van der Waals surface area contributed by atoms with Crippen molar-refractivity contribution >= 4 is 0 Å². The normalized spacial score (nSPS) is 39.2. The molecule has 2 fully saturated rings. The van der Waals surface area contributed by atoms with Gasteiger partial charge in [0.25, 0.3) is 0 Å². The van der Waals surface area contributed by atoms with Crippen molar-refractivity contribution in [3.8, 4) is 0 Å². The monoisotopic (exact) mass is 211 g/mol. The molecule has 0 aromatic heterocycles. The van der Waals surface area contributed by atoms with E-state index in [0.717, 1.165) is 12.6 Å². The fourth-order valence-electron chi connectivity index (χ4n) is 2.91. The summed E-state index contributed by atoms with van der Waals surface area (Å²) < 4.78 is 5.68. The second-order valence-electron chi connectivity index (χ2n) is 5.51. The van der Waals surface area contributed by atoms with Gasteiger partial charge in [-0.1, -0.05) is 25.7 Å². The third kappa shape index (κ3) is 2.73. The van der Waals surface area contributed by atoms with Crippen LogP contribution in [-0.4, -0.2) is 24.3 Å². The Morgan fingerprint density at radius 3 is 2.33 bits per heavy atom. The molecular weight excluding hydrogens is 186 g/mol. The molecule has 2 rings (SSSR count). The average Bonchev–Trinajstić information content (AvgIpc) is 2.44. The fraction of sp³-hybridized carbons (Fsp3) is 1.00. The van der Waals surface area contributed by atoms with Gasteiger partial charge in [0.2, 0.25) is 0 Å². The predicted molar refractivity (Wildman–Crippen MR) is 63.1 cm³/mol. The van der Waals surface area contributed by atoms with Gasteiger partial charge in [-0.05, 0) is 33.1 Å². The first-order valence-electron chi connectivity index (χ1n) is 6.60. The summed E-state index contributed by atoms with van der Waals surface area (Å²) in [5.74, 6) is 0. The Hall–Kier alpha value is -0.0800. The van der Waals surface area contributed by atoms with Crippen LogP contribution >= 0.6 is 0 Å². The Kier molecular flexibility index (Phi) is 3.68. The highest BCUT2D eigenvalue weighted by Crippen LogP contribution is 2.28. The zero-order valence-electron chi connectivity index (χ0n) is 10.2. The second kappa shape index (κ2) is 4.84. The van der Waals surface area contributed by atoms with Crippen molar-refractivity contribution < 1.29 is 4.74 Å². The van der Waals surface area contributed by atoms with Crippen LogP contribution in [0.5, 0.6) is 0 Å². The molecule has 88 valence electrons. The third-order valence-corrected chi connectivity index (χ3v) is 4.28. The molecule has 1 aliphatic carbocycles. The van der Waals surface area contributed by atoms with Crippen LogP contribution in [-0.2, 0) is 4.74 Å². The summed E-state index contributed by atoms with van der Waals surface area (Å²) in [6, 6.07) is 0.738. The number of hydrogen-bond acceptors (Lipinski definition) is 2. The maximum absolute atomic E-state index is 5.68. The van der Waals surface area contributed by atoms with E-state index in [1.165, 1.54) is 44.9 Å². The van der Waals surface area contributed by atoms with Gasteiger partial charge in [-0.3, -0.25) is 0 Å². The molecule has 0 spiro atoms. The number of nitrogens with one attached hydrogen (secondary N) is 1. The lowest BCUT2D eigenvalue weighted by atomic mass is 9.92. The minimum Gasteiger partial charge on any atom is -0.377 e. The molecular formula is C13H25NO. The molecule has 2 atom stereocenters. The molecule has 0 aromatic rings. The molecule has 1 saturated heterocycles. The molecule has 1 heterocycles. The second-order valence-corrected chi connectivity index (χ2v) is 5.51. The molecule has 15 heavy (non-hydrogen) atoms. The summed E-state index contributed by atoms with van der Waals surface area (Å²) in [5.41, 5.74) is 0.231. The lowest BCUT2D eigenvalue weighted by Crippen LogP contribution is -2.52. The van der Waals surface area contributed by atoms with Crippen LogP contribution in [0.15, 0.2) is 0 Å².